The van der Waals surface area contributed by atoms with E-state index in [0.717, 1.165) is 35.4 Å². The number of ether oxygens (including phenoxy) is 3. The van der Waals surface area contributed by atoms with Gasteiger partial charge in [0.2, 0.25) is 0 Å². The van der Waals surface area contributed by atoms with Gasteiger partial charge >= 0.3 is 0 Å². The van der Waals surface area contributed by atoms with E-state index in [0.29, 0.717) is 6.61 Å². The predicted octanol–water partition coefficient (Wildman–Crippen LogP) is 3.01. The van der Waals surface area contributed by atoms with Crippen molar-refractivity contribution in [3.05, 3.63) is 23.8 Å². The van der Waals surface area contributed by atoms with Crippen LogP contribution in [0.3, 0.4) is 0 Å². The fraction of sp³-hybridized carbons (Fsp3) is 0.500. The van der Waals surface area contributed by atoms with Crippen LogP contribution >= 0.6 is 15.9 Å². The van der Waals surface area contributed by atoms with Crippen LogP contribution in [0.5, 0.6) is 11.5 Å². The van der Waals surface area contributed by atoms with E-state index in [2.05, 4.69) is 15.9 Å². The van der Waals surface area contributed by atoms with Crippen LogP contribution in [-0.2, 0) is 10.1 Å². The molecule has 0 amide bonds. The predicted molar refractivity (Wildman–Crippen MR) is 67.6 cm³/mol. The van der Waals surface area contributed by atoms with Crippen molar-refractivity contribution in [2.75, 3.05) is 27.4 Å². The van der Waals surface area contributed by atoms with Crippen LogP contribution in [0.1, 0.15) is 12.0 Å². The highest BCUT2D eigenvalue weighted by Crippen LogP contribution is 2.24. The Balaban J connectivity index is 2.57. The number of alkyl halides is 1. The Hall–Kier alpha value is -0.740. The molecule has 0 spiro atoms. The highest BCUT2D eigenvalue weighted by molar-refractivity contribution is 9.08. The molecule has 0 aliphatic rings. The monoisotopic (exact) mass is 288 g/mol. The minimum absolute atomic E-state index is 0.655. The highest BCUT2D eigenvalue weighted by Gasteiger charge is 2.01. The minimum Gasteiger partial charge on any atom is -0.497 e. The van der Waals surface area contributed by atoms with Gasteiger partial charge in [0, 0.05) is 31.5 Å². The lowest BCUT2D eigenvalue weighted by Crippen LogP contribution is -2.01. The normalized spacial score (nSPS) is 10.2. The second-order valence-corrected chi connectivity index (χ2v) is 3.91. The molecule has 0 aromatic heterocycles. The summed E-state index contributed by atoms with van der Waals surface area (Å²) in [5.74, 6) is 1.66. The maximum absolute atomic E-state index is 5.61. The van der Waals surface area contributed by atoms with Gasteiger partial charge < -0.3 is 14.2 Å². The molecule has 0 saturated carbocycles. The molecule has 0 N–H and O–H groups in total. The van der Waals surface area contributed by atoms with Gasteiger partial charge in [-0.25, -0.2) is 0 Å². The van der Waals surface area contributed by atoms with Crippen LogP contribution in [0.4, 0.5) is 0 Å². The molecule has 0 atom stereocenters. The molecule has 1 aromatic carbocycles. The molecule has 16 heavy (non-hydrogen) atoms. The Labute approximate surface area is 105 Å². The molecule has 1 rings (SSSR count). The van der Waals surface area contributed by atoms with Gasteiger partial charge in [0.15, 0.2) is 0 Å². The standard InChI is InChI=1S/C12H17BrO3/c1-14-4-3-5-16-12-7-10(9-13)6-11(8-12)15-2/h6-8H,3-5,9H2,1-2H3. The van der Waals surface area contributed by atoms with Crippen LogP contribution in [0, 0.1) is 0 Å². The Morgan fingerprint density at radius 1 is 1.06 bits per heavy atom. The lowest BCUT2D eigenvalue weighted by atomic mass is 10.2. The summed E-state index contributed by atoms with van der Waals surface area (Å²) in [6.07, 6.45) is 0.886. The van der Waals surface area contributed by atoms with Gasteiger partial charge in [-0.3, -0.25) is 0 Å². The molecule has 0 aliphatic carbocycles. The first-order valence-corrected chi connectivity index (χ1v) is 6.28. The maximum atomic E-state index is 5.61. The molecule has 90 valence electrons. The Bertz CT molecular complexity index is 293. The van der Waals surface area contributed by atoms with Crippen molar-refractivity contribution in [3.8, 4) is 11.5 Å². The van der Waals surface area contributed by atoms with Gasteiger partial charge in [-0.05, 0) is 17.7 Å². The molecule has 0 saturated heterocycles. The summed E-state index contributed by atoms with van der Waals surface area (Å²) in [6, 6.07) is 5.87. The van der Waals surface area contributed by atoms with Crippen molar-refractivity contribution in [2.24, 2.45) is 0 Å². The third-order valence-electron chi connectivity index (χ3n) is 2.09. The van der Waals surface area contributed by atoms with Gasteiger partial charge in [0.25, 0.3) is 0 Å². The summed E-state index contributed by atoms with van der Waals surface area (Å²) < 4.78 is 15.8. The fourth-order valence-corrected chi connectivity index (χ4v) is 1.63. The first kappa shape index (κ1) is 13.3. The second kappa shape index (κ2) is 7.52. The summed E-state index contributed by atoms with van der Waals surface area (Å²) in [6.45, 7) is 1.37. The summed E-state index contributed by atoms with van der Waals surface area (Å²) in [7, 11) is 3.34. The molecule has 0 radical (unpaired) electrons. The largest absolute Gasteiger partial charge is 0.497 e. The second-order valence-electron chi connectivity index (χ2n) is 3.35. The van der Waals surface area contributed by atoms with Gasteiger partial charge in [0.05, 0.1) is 13.7 Å². The lowest BCUT2D eigenvalue weighted by Gasteiger charge is -2.09. The highest BCUT2D eigenvalue weighted by atomic mass is 79.9. The molecular weight excluding hydrogens is 272 g/mol. The number of rotatable bonds is 7. The van der Waals surface area contributed by atoms with E-state index in [1.54, 1.807) is 14.2 Å². The zero-order valence-corrected chi connectivity index (χ0v) is 11.2. The first-order chi connectivity index (χ1) is 7.80. The van der Waals surface area contributed by atoms with E-state index >= 15 is 0 Å². The maximum Gasteiger partial charge on any atom is 0.123 e. The number of benzene rings is 1. The van der Waals surface area contributed by atoms with E-state index in [-0.39, 0.29) is 0 Å². The van der Waals surface area contributed by atoms with Gasteiger partial charge in [0.1, 0.15) is 11.5 Å². The molecule has 0 unspecified atom stereocenters. The van der Waals surface area contributed by atoms with Crippen LogP contribution in [-0.4, -0.2) is 27.4 Å². The van der Waals surface area contributed by atoms with Crippen LogP contribution in [0.15, 0.2) is 18.2 Å². The van der Waals surface area contributed by atoms with E-state index in [4.69, 9.17) is 14.2 Å². The summed E-state index contributed by atoms with van der Waals surface area (Å²) >= 11 is 3.42. The molecule has 0 aliphatic heterocycles. The number of methoxy groups -OCH3 is 2. The first-order valence-electron chi connectivity index (χ1n) is 5.15. The van der Waals surface area contributed by atoms with Crippen molar-refractivity contribution in [2.45, 2.75) is 11.8 Å². The molecule has 0 heterocycles. The molecule has 3 nitrogen and oxygen atoms in total. The lowest BCUT2D eigenvalue weighted by molar-refractivity contribution is 0.172. The Kier molecular flexibility index (Phi) is 6.26. The quantitative estimate of drug-likeness (QED) is 0.570. The molecule has 4 heteroatoms. The molecule has 1 aromatic rings. The fourth-order valence-electron chi connectivity index (χ4n) is 1.30. The van der Waals surface area contributed by atoms with Crippen LogP contribution in [0.25, 0.3) is 0 Å². The SMILES string of the molecule is COCCCOc1cc(CBr)cc(OC)c1. The molecule has 0 bridgehead atoms. The summed E-state index contributed by atoms with van der Waals surface area (Å²) in [5.41, 5.74) is 1.14. The third kappa shape index (κ3) is 4.41. The van der Waals surface area contributed by atoms with E-state index in [1.165, 1.54) is 0 Å². The van der Waals surface area contributed by atoms with Crippen LogP contribution in [0.2, 0.25) is 0 Å². The van der Waals surface area contributed by atoms with Crippen LogP contribution < -0.4 is 9.47 Å². The van der Waals surface area contributed by atoms with Crippen molar-refractivity contribution >= 4 is 15.9 Å². The zero-order valence-electron chi connectivity index (χ0n) is 9.66. The topological polar surface area (TPSA) is 27.7 Å². The molecule has 0 fully saturated rings. The summed E-state index contributed by atoms with van der Waals surface area (Å²) in [4.78, 5) is 0. The van der Waals surface area contributed by atoms with E-state index in [9.17, 15) is 0 Å². The molecular formula is C12H17BrO3. The van der Waals surface area contributed by atoms with Gasteiger partial charge in [-0.2, -0.15) is 0 Å². The Morgan fingerprint density at radius 3 is 2.44 bits per heavy atom. The van der Waals surface area contributed by atoms with Crippen molar-refractivity contribution in [3.63, 3.8) is 0 Å². The Morgan fingerprint density at radius 2 is 1.81 bits per heavy atom. The average molecular weight is 289 g/mol. The van der Waals surface area contributed by atoms with Crippen molar-refractivity contribution in [1.82, 2.24) is 0 Å². The van der Waals surface area contributed by atoms with Crippen molar-refractivity contribution < 1.29 is 14.2 Å². The summed E-state index contributed by atoms with van der Waals surface area (Å²) in [5, 5.41) is 0.790. The smallest absolute Gasteiger partial charge is 0.123 e. The van der Waals surface area contributed by atoms with Crippen molar-refractivity contribution in [1.29, 1.82) is 0 Å². The zero-order chi connectivity index (χ0) is 11.8. The van der Waals surface area contributed by atoms with E-state index in [1.807, 2.05) is 18.2 Å². The van der Waals surface area contributed by atoms with Gasteiger partial charge in [-0.1, -0.05) is 15.9 Å². The number of hydrogen-bond acceptors (Lipinski definition) is 3. The minimum atomic E-state index is 0.655. The average Bonchev–Trinajstić information content (AvgIpc) is 2.34. The third-order valence-corrected chi connectivity index (χ3v) is 2.74. The number of halogens is 1. The number of hydrogen-bond donors (Lipinski definition) is 0. The van der Waals surface area contributed by atoms with Gasteiger partial charge in [-0.15, -0.1) is 0 Å². The van der Waals surface area contributed by atoms with E-state index < -0.39 is 0 Å².